The molecule has 1 aliphatic carbocycles. The van der Waals surface area contributed by atoms with Crippen LogP contribution in [-0.4, -0.2) is 13.1 Å². The number of unbranched alkanes of at least 4 members (excludes halogenated alkanes) is 2. The van der Waals surface area contributed by atoms with E-state index >= 15 is 0 Å². The zero-order valence-corrected chi connectivity index (χ0v) is 12.1. The molecule has 0 aromatic carbocycles. The third kappa shape index (κ3) is 6.45. The van der Waals surface area contributed by atoms with Crippen molar-refractivity contribution < 1.29 is 0 Å². The summed E-state index contributed by atoms with van der Waals surface area (Å²) in [5.74, 6) is 1.99. The Labute approximate surface area is 109 Å². The highest BCUT2D eigenvalue weighted by Gasteiger charge is 2.22. The fourth-order valence-electron chi connectivity index (χ4n) is 3.23. The van der Waals surface area contributed by atoms with Gasteiger partial charge >= 0.3 is 0 Å². The molecule has 2 atom stereocenters. The molecule has 1 nitrogen and oxygen atoms in total. The van der Waals surface area contributed by atoms with E-state index in [0.29, 0.717) is 0 Å². The lowest BCUT2D eigenvalue weighted by molar-refractivity contribution is 0.276. The van der Waals surface area contributed by atoms with Crippen molar-refractivity contribution in [1.29, 1.82) is 0 Å². The van der Waals surface area contributed by atoms with E-state index in [-0.39, 0.29) is 0 Å². The number of rotatable bonds is 8. The van der Waals surface area contributed by atoms with Crippen molar-refractivity contribution >= 4 is 0 Å². The average molecular weight is 239 g/mol. The molecule has 2 unspecified atom stereocenters. The average Bonchev–Trinajstić information content (AvgIpc) is 2.56. The minimum absolute atomic E-state index is 0.973. The smallest absolute Gasteiger partial charge is 0.00179 e. The Morgan fingerprint density at radius 1 is 0.882 bits per heavy atom. The fraction of sp³-hybridized carbons (Fsp3) is 1.00. The second-order valence-electron chi connectivity index (χ2n) is 5.86. The van der Waals surface area contributed by atoms with Crippen molar-refractivity contribution in [3.8, 4) is 0 Å². The van der Waals surface area contributed by atoms with Crippen molar-refractivity contribution in [2.24, 2.45) is 11.8 Å². The van der Waals surface area contributed by atoms with Gasteiger partial charge in [0.15, 0.2) is 0 Å². The molecule has 0 spiro atoms. The van der Waals surface area contributed by atoms with E-state index in [0.717, 1.165) is 11.8 Å². The Balaban J connectivity index is 2.30. The third-order valence-corrected chi connectivity index (χ3v) is 4.33. The molecule has 0 heterocycles. The van der Waals surface area contributed by atoms with Gasteiger partial charge in [-0.1, -0.05) is 65.2 Å². The molecule has 1 heteroatoms. The molecule has 1 rings (SSSR count). The zero-order valence-electron chi connectivity index (χ0n) is 12.1. The molecule has 0 amide bonds. The Bertz CT molecular complexity index is 149. The summed E-state index contributed by atoms with van der Waals surface area (Å²) in [6.07, 6.45) is 14.5. The summed E-state index contributed by atoms with van der Waals surface area (Å²) in [5, 5.41) is 3.65. The first-order chi connectivity index (χ1) is 8.38. The summed E-state index contributed by atoms with van der Waals surface area (Å²) < 4.78 is 0. The van der Waals surface area contributed by atoms with Gasteiger partial charge in [-0.3, -0.25) is 0 Å². The summed E-state index contributed by atoms with van der Waals surface area (Å²) in [5.41, 5.74) is 0. The maximum absolute atomic E-state index is 3.65. The van der Waals surface area contributed by atoms with Crippen LogP contribution in [0.1, 0.15) is 78.1 Å². The predicted octanol–water partition coefficient (Wildman–Crippen LogP) is 4.76. The highest BCUT2D eigenvalue weighted by molar-refractivity contribution is 4.76. The molecule has 1 fully saturated rings. The van der Waals surface area contributed by atoms with Crippen LogP contribution in [0.3, 0.4) is 0 Å². The van der Waals surface area contributed by atoms with E-state index in [2.05, 4.69) is 19.2 Å². The molecule has 0 radical (unpaired) electrons. The van der Waals surface area contributed by atoms with Crippen LogP contribution in [0, 0.1) is 11.8 Å². The van der Waals surface area contributed by atoms with Gasteiger partial charge in [0.25, 0.3) is 0 Å². The molecule has 1 aliphatic rings. The Morgan fingerprint density at radius 3 is 2.35 bits per heavy atom. The van der Waals surface area contributed by atoms with Gasteiger partial charge < -0.3 is 5.32 Å². The molecular formula is C16H33N. The molecule has 102 valence electrons. The summed E-state index contributed by atoms with van der Waals surface area (Å²) in [6.45, 7) is 7.06. The van der Waals surface area contributed by atoms with E-state index in [1.54, 1.807) is 0 Å². The normalized spacial score (nSPS) is 25.8. The SMILES string of the molecule is CCCCCC1CCCCCC1CNCCC. The van der Waals surface area contributed by atoms with Crippen LogP contribution in [0.5, 0.6) is 0 Å². The third-order valence-electron chi connectivity index (χ3n) is 4.33. The zero-order chi connectivity index (χ0) is 12.3. The van der Waals surface area contributed by atoms with E-state index in [1.807, 2.05) is 0 Å². The van der Waals surface area contributed by atoms with Gasteiger partial charge in [0.05, 0.1) is 0 Å². The fourth-order valence-corrected chi connectivity index (χ4v) is 3.23. The largest absolute Gasteiger partial charge is 0.316 e. The highest BCUT2D eigenvalue weighted by atomic mass is 14.9. The monoisotopic (exact) mass is 239 g/mol. The Hall–Kier alpha value is -0.0400. The van der Waals surface area contributed by atoms with Crippen molar-refractivity contribution in [3.05, 3.63) is 0 Å². The van der Waals surface area contributed by atoms with Crippen molar-refractivity contribution in [2.75, 3.05) is 13.1 Å². The maximum Gasteiger partial charge on any atom is -0.00179 e. The molecule has 0 aromatic rings. The minimum Gasteiger partial charge on any atom is -0.316 e. The lowest BCUT2D eigenvalue weighted by Crippen LogP contribution is -2.28. The maximum atomic E-state index is 3.65. The standard InChI is InChI=1S/C16H33N/c1-3-5-7-10-15-11-8-6-9-12-16(15)14-17-13-4-2/h15-17H,3-14H2,1-2H3. The topological polar surface area (TPSA) is 12.0 Å². The van der Waals surface area contributed by atoms with Gasteiger partial charge in [-0.2, -0.15) is 0 Å². The van der Waals surface area contributed by atoms with E-state index in [4.69, 9.17) is 0 Å². The van der Waals surface area contributed by atoms with E-state index in [9.17, 15) is 0 Å². The molecule has 0 saturated heterocycles. The van der Waals surface area contributed by atoms with Crippen LogP contribution in [0.15, 0.2) is 0 Å². The number of hydrogen-bond acceptors (Lipinski definition) is 1. The quantitative estimate of drug-likeness (QED) is 0.475. The molecule has 17 heavy (non-hydrogen) atoms. The molecule has 1 saturated carbocycles. The molecule has 0 aromatic heterocycles. The second-order valence-corrected chi connectivity index (χ2v) is 5.86. The lowest BCUT2D eigenvalue weighted by atomic mass is 9.84. The van der Waals surface area contributed by atoms with Gasteiger partial charge in [0.1, 0.15) is 0 Å². The van der Waals surface area contributed by atoms with Gasteiger partial charge in [0, 0.05) is 0 Å². The molecule has 0 aliphatic heterocycles. The summed E-state index contributed by atoms with van der Waals surface area (Å²) in [4.78, 5) is 0. The Kier molecular flexibility index (Phi) is 8.78. The number of nitrogens with one attached hydrogen (secondary N) is 1. The van der Waals surface area contributed by atoms with E-state index in [1.165, 1.54) is 77.3 Å². The van der Waals surface area contributed by atoms with Crippen LogP contribution in [-0.2, 0) is 0 Å². The van der Waals surface area contributed by atoms with Gasteiger partial charge in [-0.15, -0.1) is 0 Å². The van der Waals surface area contributed by atoms with Crippen molar-refractivity contribution in [2.45, 2.75) is 78.1 Å². The van der Waals surface area contributed by atoms with E-state index < -0.39 is 0 Å². The second kappa shape index (κ2) is 9.94. The van der Waals surface area contributed by atoms with Crippen LogP contribution >= 0.6 is 0 Å². The van der Waals surface area contributed by atoms with Crippen LogP contribution in [0.2, 0.25) is 0 Å². The summed E-state index contributed by atoms with van der Waals surface area (Å²) in [6, 6.07) is 0. The van der Waals surface area contributed by atoms with Crippen LogP contribution in [0.25, 0.3) is 0 Å². The first kappa shape index (κ1) is 15.0. The van der Waals surface area contributed by atoms with Gasteiger partial charge in [0.2, 0.25) is 0 Å². The van der Waals surface area contributed by atoms with Crippen LogP contribution in [0.4, 0.5) is 0 Å². The first-order valence-corrected chi connectivity index (χ1v) is 8.09. The Morgan fingerprint density at radius 2 is 1.65 bits per heavy atom. The summed E-state index contributed by atoms with van der Waals surface area (Å²) >= 11 is 0. The molecular weight excluding hydrogens is 206 g/mol. The van der Waals surface area contributed by atoms with Crippen molar-refractivity contribution in [3.63, 3.8) is 0 Å². The highest BCUT2D eigenvalue weighted by Crippen LogP contribution is 2.32. The van der Waals surface area contributed by atoms with Crippen LogP contribution < -0.4 is 5.32 Å². The minimum atomic E-state index is 0.973. The molecule has 1 N–H and O–H groups in total. The van der Waals surface area contributed by atoms with Gasteiger partial charge in [-0.05, 0) is 37.8 Å². The van der Waals surface area contributed by atoms with Crippen molar-refractivity contribution in [1.82, 2.24) is 5.32 Å². The molecule has 0 bridgehead atoms. The predicted molar refractivity (Wildman–Crippen MR) is 77.4 cm³/mol. The van der Waals surface area contributed by atoms with Gasteiger partial charge in [-0.25, -0.2) is 0 Å². The lowest BCUT2D eigenvalue weighted by Gasteiger charge is -2.25. The summed E-state index contributed by atoms with van der Waals surface area (Å²) in [7, 11) is 0. The first-order valence-electron chi connectivity index (χ1n) is 8.09. The number of hydrogen-bond donors (Lipinski definition) is 1.